The second kappa shape index (κ2) is 10.0. The van der Waals surface area contributed by atoms with Crippen LogP contribution in [0, 0.1) is 0 Å². The molecule has 3 aromatic rings. The van der Waals surface area contributed by atoms with Crippen LogP contribution >= 0.6 is 27.7 Å². The highest BCUT2D eigenvalue weighted by molar-refractivity contribution is 9.10. The molecule has 2 aromatic carbocycles. The van der Waals surface area contributed by atoms with Crippen LogP contribution in [0.4, 0.5) is 4.79 Å². The molecule has 2 fully saturated rings. The standard InChI is InChI=1S/C27H26BrN3O3S/c1-18-7-5-6-12-30(18)25(32)17-29-16-20(22-14-21(28)10-11-23(22)29)13-24-26(33)31(27(34)35-24)15-19-8-3-2-4-9-19/h2-4,8-11,13-14,16,18H,5-7,12,15,17H2,1H3/b24-13-/t18-/m1/s1. The van der Waals surface area contributed by atoms with Crippen molar-refractivity contribution in [3.63, 3.8) is 0 Å². The van der Waals surface area contributed by atoms with Gasteiger partial charge in [-0.3, -0.25) is 19.3 Å². The smallest absolute Gasteiger partial charge is 0.293 e. The Bertz CT molecular complexity index is 1330. The SMILES string of the molecule is C[C@@H]1CCCCN1C(=O)Cn1cc(/C=C2\SC(=O)N(Cc3ccccc3)C2=O)c2cc(Br)ccc21. The van der Waals surface area contributed by atoms with Gasteiger partial charge in [-0.05, 0) is 67.8 Å². The molecule has 2 aliphatic heterocycles. The summed E-state index contributed by atoms with van der Waals surface area (Å²) in [5, 5.41) is 0.651. The first-order valence-electron chi connectivity index (χ1n) is 11.8. The van der Waals surface area contributed by atoms with E-state index in [4.69, 9.17) is 0 Å². The number of benzene rings is 2. The monoisotopic (exact) mass is 551 g/mol. The summed E-state index contributed by atoms with van der Waals surface area (Å²) >= 11 is 4.50. The van der Waals surface area contributed by atoms with Crippen LogP contribution in [0.2, 0.25) is 0 Å². The lowest BCUT2D eigenvalue weighted by molar-refractivity contribution is -0.135. The van der Waals surface area contributed by atoms with Gasteiger partial charge in [0.1, 0.15) is 6.54 Å². The second-order valence-corrected chi connectivity index (χ2v) is 11.0. The summed E-state index contributed by atoms with van der Waals surface area (Å²) in [6.45, 7) is 3.40. The number of amides is 3. The fourth-order valence-corrected chi connectivity index (χ4v) is 5.98. The van der Waals surface area contributed by atoms with Gasteiger partial charge >= 0.3 is 0 Å². The van der Waals surface area contributed by atoms with Crippen LogP contribution in [0.25, 0.3) is 17.0 Å². The molecular formula is C27H26BrN3O3S. The molecule has 1 atom stereocenters. The molecule has 0 spiro atoms. The van der Waals surface area contributed by atoms with E-state index in [1.807, 2.05) is 64.2 Å². The molecule has 35 heavy (non-hydrogen) atoms. The van der Waals surface area contributed by atoms with Crippen LogP contribution < -0.4 is 0 Å². The molecule has 0 radical (unpaired) electrons. The van der Waals surface area contributed by atoms with Gasteiger partial charge in [-0.2, -0.15) is 0 Å². The molecule has 5 rings (SSSR count). The van der Waals surface area contributed by atoms with Crippen molar-refractivity contribution >= 4 is 61.7 Å². The van der Waals surface area contributed by atoms with Crippen molar-refractivity contribution < 1.29 is 14.4 Å². The van der Waals surface area contributed by atoms with Crippen LogP contribution in [0.5, 0.6) is 0 Å². The highest BCUT2D eigenvalue weighted by Gasteiger charge is 2.35. The Balaban J connectivity index is 1.44. The summed E-state index contributed by atoms with van der Waals surface area (Å²) < 4.78 is 2.86. The Hall–Kier alpha value is -2.84. The molecule has 0 bridgehead atoms. The Labute approximate surface area is 217 Å². The number of nitrogens with zero attached hydrogens (tertiary/aromatic N) is 3. The quantitative estimate of drug-likeness (QED) is 0.362. The van der Waals surface area contributed by atoms with Crippen LogP contribution in [-0.2, 0) is 22.7 Å². The summed E-state index contributed by atoms with van der Waals surface area (Å²) in [7, 11) is 0. The maximum atomic E-state index is 13.1. The average Bonchev–Trinajstić information content (AvgIpc) is 3.31. The molecule has 0 N–H and O–H groups in total. The van der Waals surface area contributed by atoms with Crippen LogP contribution in [-0.4, -0.2) is 44.0 Å². The van der Waals surface area contributed by atoms with Crippen molar-refractivity contribution in [1.29, 1.82) is 0 Å². The van der Waals surface area contributed by atoms with Crippen molar-refractivity contribution in [3.05, 3.63) is 75.2 Å². The molecule has 3 amide bonds. The van der Waals surface area contributed by atoms with E-state index in [1.165, 1.54) is 4.90 Å². The zero-order chi connectivity index (χ0) is 24.5. The Morgan fingerprint density at radius 1 is 1.14 bits per heavy atom. The number of halogens is 1. The van der Waals surface area contributed by atoms with Crippen molar-refractivity contribution in [2.75, 3.05) is 6.54 Å². The number of hydrogen-bond acceptors (Lipinski definition) is 4. The number of thioether (sulfide) groups is 1. The number of piperidine rings is 1. The molecule has 0 saturated carbocycles. The molecule has 0 aliphatic carbocycles. The summed E-state index contributed by atoms with van der Waals surface area (Å²) in [4.78, 5) is 42.5. The first-order chi connectivity index (χ1) is 16.9. The van der Waals surface area contributed by atoms with Gasteiger partial charge in [-0.15, -0.1) is 0 Å². The van der Waals surface area contributed by atoms with E-state index in [0.717, 1.165) is 64.1 Å². The lowest BCUT2D eigenvalue weighted by atomic mass is 10.0. The minimum atomic E-state index is -0.294. The maximum Gasteiger partial charge on any atom is 0.293 e. The first kappa shape index (κ1) is 23.9. The number of hydrogen-bond donors (Lipinski definition) is 0. The van der Waals surface area contributed by atoms with Gasteiger partial charge in [0, 0.05) is 39.7 Å². The van der Waals surface area contributed by atoms with Gasteiger partial charge in [0.15, 0.2) is 0 Å². The molecule has 2 saturated heterocycles. The van der Waals surface area contributed by atoms with E-state index in [-0.39, 0.29) is 36.2 Å². The third kappa shape index (κ3) is 4.95. The van der Waals surface area contributed by atoms with E-state index >= 15 is 0 Å². The zero-order valence-electron chi connectivity index (χ0n) is 19.4. The third-order valence-electron chi connectivity index (χ3n) is 6.65. The van der Waals surface area contributed by atoms with Crippen molar-refractivity contribution in [1.82, 2.24) is 14.4 Å². The number of carbonyl (C=O) groups excluding carboxylic acids is 3. The highest BCUT2D eigenvalue weighted by atomic mass is 79.9. The third-order valence-corrected chi connectivity index (χ3v) is 8.05. The van der Waals surface area contributed by atoms with Crippen molar-refractivity contribution in [3.8, 4) is 0 Å². The minimum Gasteiger partial charge on any atom is -0.338 e. The number of fused-ring (bicyclic) bond motifs is 1. The van der Waals surface area contributed by atoms with E-state index in [1.54, 1.807) is 6.08 Å². The summed E-state index contributed by atoms with van der Waals surface area (Å²) in [6, 6.07) is 15.7. The van der Waals surface area contributed by atoms with E-state index in [0.29, 0.717) is 4.91 Å². The number of imide groups is 1. The van der Waals surface area contributed by atoms with E-state index in [2.05, 4.69) is 22.9 Å². The van der Waals surface area contributed by atoms with Crippen molar-refractivity contribution in [2.45, 2.75) is 45.3 Å². The Morgan fingerprint density at radius 2 is 1.94 bits per heavy atom. The van der Waals surface area contributed by atoms with E-state index < -0.39 is 0 Å². The van der Waals surface area contributed by atoms with E-state index in [9.17, 15) is 14.4 Å². The summed E-state index contributed by atoms with van der Waals surface area (Å²) in [5.41, 5.74) is 2.63. The van der Waals surface area contributed by atoms with Crippen LogP contribution in [0.1, 0.15) is 37.3 Å². The van der Waals surface area contributed by atoms with Gasteiger partial charge in [0.2, 0.25) is 5.91 Å². The van der Waals surface area contributed by atoms with Gasteiger partial charge in [-0.1, -0.05) is 46.3 Å². The second-order valence-electron chi connectivity index (χ2n) is 9.06. The minimum absolute atomic E-state index is 0.103. The number of aromatic nitrogens is 1. The van der Waals surface area contributed by atoms with Gasteiger partial charge < -0.3 is 9.47 Å². The molecular weight excluding hydrogens is 526 g/mol. The Morgan fingerprint density at radius 3 is 2.71 bits per heavy atom. The summed E-state index contributed by atoms with van der Waals surface area (Å²) in [5.74, 6) is -0.190. The largest absolute Gasteiger partial charge is 0.338 e. The normalized spacial score (nSPS) is 19.8. The first-order valence-corrected chi connectivity index (χ1v) is 13.4. The highest BCUT2D eigenvalue weighted by Crippen LogP contribution is 2.35. The molecule has 1 aromatic heterocycles. The fourth-order valence-electron chi connectivity index (χ4n) is 4.79. The molecule has 2 aliphatic rings. The Kier molecular flexibility index (Phi) is 6.84. The predicted molar refractivity (Wildman–Crippen MR) is 143 cm³/mol. The molecule has 3 heterocycles. The van der Waals surface area contributed by atoms with Crippen LogP contribution in [0.15, 0.2) is 64.1 Å². The lowest BCUT2D eigenvalue weighted by Crippen LogP contribution is -2.43. The van der Waals surface area contributed by atoms with Gasteiger partial charge in [0.05, 0.1) is 11.4 Å². The maximum absolute atomic E-state index is 13.1. The number of likely N-dealkylation sites (tertiary alicyclic amines) is 1. The van der Waals surface area contributed by atoms with Gasteiger partial charge in [-0.25, -0.2) is 0 Å². The summed E-state index contributed by atoms with van der Waals surface area (Å²) in [6.07, 6.45) is 6.92. The topological polar surface area (TPSA) is 62.6 Å². The molecule has 0 unspecified atom stereocenters. The lowest BCUT2D eigenvalue weighted by Gasteiger charge is -2.33. The average molecular weight is 552 g/mol. The predicted octanol–water partition coefficient (Wildman–Crippen LogP) is 6.04. The van der Waals surface area contributed by atoms with Crippen molar-refractivity contribution in [2.24, 2.45) is 0 Å². The molecule has 8 heteroatoms. The van der Waals surface area contributed by atoms with Crippen LogP contribution in [0.3, 0.4) is 0 Å². The number of rotatable bonds is 5. The molecule has 6 nitrogen and oxygen atoms in total. The fraction of sp³-hybridized carbons (Fsp3) is 0.296. The zero-order valence-corrected chi connectivity index (χ0v) is 21.8. The molecule has 180 valence electrons. The number of carbonyl (C=O) groups is 3. The van der Waals surface area contributed by atoms with Gasteiger partial charge in [0.25, 0.3) is 11.1 Å².